The third-order valence-corrected chi connectivity index (χ3v) is 5.56. The van der Waals surface area contributed by atoms with E-state index in [9.17, 15) is 4.79 Å². The van der Waals surface area contributed by atoms with E-state index in [-0.39, 0.29) is 5.91 Å². The number of amides is 1. The fraction of sp³-hybridized carbons (Fsp3) is 0.333. The molecule has 0 aliphatic heterocycles. The largest absolute Gasteiger partial charge is 0.349 e. The van der Waals surface area contributed by atoms with Crippen LogP contribution in [0.2, 0.25) is 0 Å². The molecule has 3 heteroatoms. The molecular weight excluding hydrogens is 332 g/mol. The summed E-state index contributed by atoms with van der Waals surface area (Å²) in [5, 5.41) is 4.26. The summed E-state index contributed by atoms with van der Waals surface area (Å²) in [6, 6.07) is 18.5. The number of hydrogen-bond donors (Lipinski definition) is 1. The Hall–Kier alpha value is -2.68. The molecule has 2 aromatic carbocycles. The molecule has 1 heterocycles. The van der Waals surface area contributed by atoms with Gasteiger partial charge in [0.25, 0.3) is 5.91 Å². The van der Waals surface area contributed by atoms with E-state index in [4.69, 9.17) is 4.98 Å². The van der Waals surface area contributed by atoms with Gasteiger partial charge in [-0.25, -0.2) is 4.98 Å². The van der Waals surface area contributed by atoms with Crippen LogP contribution in [0.5, 0.6) is 0 Å². The number of nitrogens with zero attached hydrogens (tertiary/aromatic N) is 1. The molecule has 4 rings (SSSR count). The minimum absolute atomic E-state index is 0.0505. The summed E-state index contributed by atoms with van der Waals surface area (Å²) in [7, 11) is 0. The van der Waals surface area contributed by atoms with Gasteiger partial charge in [0.15, 0.2) is 0 Å². The fourth-order valence-electron chi connectivity index (χ4n) is 4.19. The summed E-state index contributed by atoms with van der Waals surface area (Å²) in [6.45, 7) is 2.11. The van der Waals surface area contributed by atoms with Crippen LogP contribution in [0, 0.1) is 0 Å². The van der Waals surface area contributed by atoms with Gasteiger partial charge in [0, 0.05) is 17.0 Å². The van der Waals surface area contributed by atoms with Gasteiger partial charge in [0.2, 0.25) is 0 Å². The Morgan fingerprint density at radius 3 is 2.44 bits per heavy atom. The van der Waals surface area contributed by atoms with Gasteiger partial charge >= 0.3 is 0 Å². The van der Waals surface area contributed by atoms with E-state index in [0.29, 0.717) is 6.04 Å². The SMILES string of the molecule is CCc1c(-c2ccccc2)nc2ccccc2c1C(=O)NC1CCCCC1. The van der Waals surface area contributed by atoms with Gasteiger partial charge < -0.3 is 5.32 Å². The summed E-state index contributed by atoms with van der Waals surface area (Å²) >= 11 is 0. The summed E-state index contributed by atoms with van der Waals surface area (Å²) in [6.07, 6.45) is 6.64. The van der Waals surface area contributed by atoms with Crippen LogP contribution >= 0.6 is 0 Å². The number of benzene rings is 2. The first-order valence-electron chi connectivity index (χ1n) is 10.1. The predicted octanol–water partition coefficient (Wildman–Crippen LogP) is 5.53. The van der Waals surface area contributed by atoms with E-state index < -0.39 is 0 Å². The second-order valence-electron chi connectivity index (χ2n) is 7.36. The van der Waals surface area contributed by atoms with Crippen molar-refractivity contribution in [3.05, 3.63) is 65.7 Å². The van der Waals surface area contributed by atoms with E-state index in [2.05, 4.69) is 24.4 Å². The van der Waals surface area contributed by atoms with Crippen LogP contribution in [0.3, 0.4) is 0 Å². The van der Waals surface area contributed by atoms with Crippen molar-refractivity contribution in [1.82, 2.24) is 10.3 Å². The first-order chi connectivity index (χ1) is 13.3. The molecule has 3 aromatic rings. The lowest BCUT2D eigenvalue weighted by molar-refractivity contribution is 0.0928. The first kappa shape index (κ1) is 17.7. The number of rotatable bonds is 4. The predicted molar refractivity (Wildman–Crippen MR) is 111 cm³/mol. The lowest BCUT2D eigenvalue weighted by Crippen LogP contribution is -2.36. The molecule has 0 spiro atoms. The molecule has 138 valence electrons. The third kappa shape index (κ3) is 3.59. The average molecular weight is 358 g/mol. The van der Waals surface area contributed by atoms with Gasteiger partial charge in [0.1, 0.15) is 0 Å². The number of aromatic nitrogens is 1. The van der Waals surface area contributed by atoms with Crippen LogP contribution in [0.4, 0.5) is 0 Å². The second kappa shape index (κ2) is 7.91. The topological polar surface area (TPSA) is 42.0 Å². The number of pyridine rings is 1. The molecule has 1 aliphatic carbocycles. The summed E-state index contributed by atoms with van der Waals surface area (Å²) in [4.78, 5) is 18.3. The maximum Gasteiger partial charge on any atom is 0.252 e. The highest BCUT2D eigenvalue weighted by Gasteiger charge is 2.23. The lowest BCUT2D eigenvalue weighted by atomic mass is 9.92. The van der Waals surface area contributed by atoms with Gasteiger partial charge in [-0.2, -0.15) is 0 Å². The standard InChI is InChI=1S/C24H26N2O/c1-2-19-22(24(27)25-18-13-7-4-8-14-18)20-15-9-10-16-21(20)26-23(19)17-11-5-3-6-12-17/h3,5-6,9-12,15-16,18H,2,4,7-8,13-14H2,1H3,(H,25,27). The quantitative estimate of drug-likeness (QED) is 0.666. The molecular formula is C24H26N2O. The average Bonchev–Trinajstić information content (AvgIpc) is 2.73. The van der Waals surface area contributed by atoms with Gasteiger partial charge in [0.05, 0.1) is 16.8 Å². The Morgan fingerprint density at radius 1 is 1.00 bits per heavy atom. The number of fused-ring (bicyclic) bond motifs is 1. The highest BCUT2D eigenvalue weighted by Crippen LogP contribution is 2.31. The van der Waals surface area contributed by atoms with Crippen molar-refractivity contribution in [3.8, 4) is 11.3 Å². The Kier molecular flexibility index (Phi) is 5.19. The molecule has 1 aromatic heterocycles. The van der Waals surface area contributed by atoms with E-state index in [1.165, 1.54) is 19.3 Å². The molecule has 0 saturated heterocycles. The molecule has 0 unspecified atom stereocenters. The molecule has 3 nitrogen and oxygen atoms in total. The van der Waals surface area contributed by atoms with Crippen molar-refractivity contribution in [2.75, 3.05) is 0 Å². The van der Waals surface area contributed by atoms with E-state index >= 15 is 0 Å². The molecule has 1 amide bonds. The van der Waals surface area contributed by atoms with Gasteiger partial charge in [-0.1, -0.05) is 74.7 Å². The number of hydrogen-bond acceptors (Lipinski definition) is 2. The Labute approximate surface area is 160 Å². The first-order valence-corrected chi connectivity index (χ1v) is 10.1. The lowest BCUT2D eigenvalue weighted by Gasteiger charge is -2.24. The molecule has 1 saturated carbocycles. The summed E-state index contributed by atoms with van der Waals surface area (Å²) < 4.78 is 0. The maximum absolute atomic E-state index is 13.4. The van der Waals surface area contributed by atoms with Crippen molar-refractivity contribution in [2.24, 2.45) is 0 Å². The second-order valence-corrected chi connectivity index (χ2v) is 7.36. The van der Waals surface area contributed by atoms with E-state index in [0.717, 1.165) is 52.5 Å². The van der Waals surface area contributed by atoms with Crippen molar-refractivity contribution in [3.63, 3.8) is 0 Å². The van der Waals surface area contributed by atoms with Crippen LogP contribution in [-0.2, 0) is 6.42 Å². The smallest absolute Gasteiger partial charge is 0.252 e. The molecule has 1 aliphatic rings. The van der Waals surface area contributed by atoms with Crippen LogP contribution < -0.4 is 5.32 Å². The highest BCUT2D eigenvalue weighted by molar-refractivity contribution is 6.09. The highest BCUT2D eigenvalue weighted by atomic mass is 16.1. The van der Waals surface area contributed by atoms with Crippen molar-refractivity contribution < 1.29 is 4.79 Å². The van der Waals surface area contributed by atoms with Crippen LogP contribution in [0.1, 0.15) is 54.9 Å². The fourth-order valence-corrected chi connectivity index (χ4v) is 4.19. The molecule has 27 heavy (non-hydrogen) atoms. The van der Waals surface area contributed by atoms with Crippen LogP contribution in [0.15, 0.2) is 54.6 Å². The number of para-hydroxylation sites is 1. The van der Waals surface area contributed by atoms with Gasteiger partial charge in [-0.05, 0) is 30.9 Å². The van der Waals surface area contributed by atoms with E-state index in [1.807, 2.05) is 42.5 Å². The van der Waals surface area contributed by atoms with Gasteiger partial charge in [-0.15, -0.1) is 0 Å². The third-order valence-electron chi connectivity index (χ3n) is 5.56. The number of carbonyl (C=O) groups excluding carboxylic acids is 1. The van der Waals surface area contributed by atoms with Crippen molar-refractivity contribution >= 4 is 16.8 Å². The molecule has 0 bridgehead atoms. The van der Waals surface area contributed by atoms with Crippen molar-refractivity contribution in [2.45, 2.75) is 51.5 Å². The maximum atomic E-state index is 13.4. The molecule has 0 radical (unpaired) electrons. The normalized spacial score (nSPS) is 15.0. The minimum Gasteiger partial charge on any atom is -0.349 e. The zero-order valence-corrected chi connectivity index (χ0v) is 15.9. The Bertz CT molecular complexity index is 943. The summed E-state index contributed by atoms with van der Waals surface area (Å²) in [5.74, 6) is 0.0505. The number of nitrogens with one attached hydrogen (secondary N) is 1. The monoisotopic (exact) mass is 358 g/mol. The van der Waals surface area contributed by atoms with Crippen molar-refractivity contribution in [1.29, 1.82) is 0 Å². The Morgan fingerprint density at radius 2 is 1.70 bits per heavy atom. The zero-order valence-electron chi connectivity index (χ0n) is 15.9. The molecule has 1 fully saturated rings. The molecule has 1 N–H and O–H groups in total. The van der Waals surface area contributed by atoms with E-state index in [1.54, 1.807) is 0 Å². The zero-order chi connectivity index (χ0) is 18.6. The molecule has 0 atom stereocenters. The van der Waals surface area contributed by atoms with Gasteiger partial charge in [-0.3, -0.25) is 4.79 Å². The summed E-state index contributed by atoms with van der Waals surface area (Å²) in [5.41, 5.74) is 4.69. The van der Waals surface area contributed by atoms with Crippen LogP contribution in [0.25, 0.3) is 22.2 Å². The Balaban J connectivity index is 1.85. The number of carbonyl (C=O) groups is 1. The minimum atomic E-state index is 0.0505. The van der Waals surface area contributed by atoms with Crippen LogP contribution in [-0.4, -0.2) is 16.9 Å².